The molecular weight excluding hydrogens is 687 g/mol. The molecule has 11 rings (SSSR count). The highest BCUT2D eigenvalue weighted by Crippen LogP contribution is 2.66. The molecule has 0 fully saturated rings. The van der Waals surface area contributed by atoms with Crippen molar-refractivity contribution < 1.29 is 0 Å². The molecule has 9 aromatic rings. The Morgan fingerprint density at radius 2 is 0.789 bits per heavy atom. The molecule has 0 aliphatic heterocycles. The van der Waals surface area contributed by atoms with Gasteiger partial charge in [0, 0.05) is 22.2 Å². The summed E-state index contributed by atoms with van der Waals surface area (Å²) < 4.78 is 0. The van der Waals surface area contributed by atoms with E-state index in [0.29, 0.717) is 0 Å². The van der Waals surface area contributed by atoms with Crippen molar-refractivity contribution in [1.29, 1.82) is 0 Å². The van der Waals surface area contributed by atoms with E-state index in [4.69, 9.17) is 0 Å². The summed E-state index contributed by atoms with van der Waals surface area (Å²) >= 11 is 0. The van der Waals surface area contributed by atoms with Crippen molar-refractivity contribution in [2.24, 2.45) is 0 Å². The third-order valence-electron chi connectivity index (χ3n) is 13.0. The predicted octanol–water partition coefficient (Wildman–Crippen LogP) is 15.4. The summed E-state index contributed by atoms with van der Waals surface area (Å²) in [6, 6.07) is 69.7. The minimum Gasteiger partial charge on any atom is -0.310 e. The maximum absolute atomic E-state index is 2.55. The molecular formula is C56H43N. The number of benzene rings is 9. The lowest BCUT2D eigenvalue weighted by atomic mass is 9.73. The first-order valence-electron chi connectivity index (χ1n) is 20.2. The Hall–Kier alpha value is -6.70. The maximum Gasteiger partial charge on any atom is 0.0556 e. The van der Waals surface area contributed by atoms with Crippen molar-refractivity contribution in [3.05, 3.63) is 210 Å². The first kappa shape index (κ1) is 33.6. The van der Waals surface area contributed by atoms with Crippen LogP contribution in [0.2, 0.25) is 0 Å². The minimum atomic E-state index is -0.276. The van der Waals surface area contributed by atoms with Crippen molar-refractivity contribution >= 4 is 38.6 Å². The van der Waals surface area contributed by atoms with Gasteiger partial charge in [-0.05, 0) is 119 Å². The van der Waals surface area contributed by atoms with Gasteiger partial charge >= 0.3 is 0 Å². The minimum absolute atomic E-state index is 0.276. The molecule has 272 valence electrons. The van der Waals surface area contributed by atoms with Crippen LogP contribution in [0.15, 0.2) is 188 Å². The number of anilines is 3. The Morgan fingerprint density at radius 1 is 0.351 bits per heavy atom. The zero-order chi connectivity index (χ0) is 38.5. The lowest BCUT2D eigenvalue weighted by molar-refractivity contribution is 0.640. The summed E-state index contributed by atoms with van der Waals surface area (Å²) in [4.78, 5) is 2.55. The molecule has 0 unspecified atom stereocenters. The summed E-state index contributed by atoms with van der Waals surface area (Å²) in [5.74, 6) is 0. The molecule has 2 aliphatic carbocycles. The fourth-order valence-electron chi connectivity index (χ4n) is 10.4. The predicted molar refractivity (Wildman–Crippen MR) is 242 cm³/mol. The van der Waals surface area contributed by atoms with Crippen LogP contribution in [0, 0.1) is 0 Å². The van der Waals surface area contributed by atoms with E-state index >= 15 is 0 Å². The summed E-state index contributed by atoms with van der Waals surface area (Å²) in [5.41, 5.74) is 19.0. The molecule has 0 saturated heterocycles. The Kier molecular flexibility index (Phi) is 7.32. The molecule has 1 heteroatoms. The van der Waals surface area contributed by atoms with E-state index in [-0.39, 0.29) is 10.8 Å². The topological polar surface area (TPSA) is 3.24 Å². The Morgan fingerprint density at radius 3 is 1.35 bits per heavy atom. The second-order valence-electron chi connectivity index (χ2n) is 16.8. The van der Waals surface area contributed by atoms with Crippen molar-refractivity contribution in [3.8, 4) is 44.5 Å². The van der Waals surface area contributed by atoms with Gasteiger partial charge in [-0.15, -0.1) is 0 Å². The van der Waals surface area contributed by atoms with Gasteiger partial charge in [-0.2, -0.15) is 0 Å². The van der Waals surface area contributed by atoms with Gasteiger partial charge in [-0.3, -0.25) is 0 Å². The molecule has 0 heterocycles. The second-order valence-corrected chi connectivity index (χ2v) is 16.8. The highest BCUT2D eigenvalue weighted by atomic mass is 15.2. The van der Waals surface area contributed by atoms with Gasteiger partial charge in [0.15, 0.2) is 0 Å². The van der Waals surface area contributed by atoms with Crippen molar-refractivity contribution in [1.82, 2.24) is 0 Å². The zero-order valence-corrected chi connectivity index (χ0v) is 32.8. The van der Waals surface area contributed by atoms with E-state index in [0.717, 1.165) is 11.4 Å². The zero-order valence-electron chi connectivity index (χ0n) is 32.8. The van der Waals surface area contributed by atoms with Gasteiger partial charge in [0.25, 0.3) is 0 Å². The normalized spacial score (nSPS) is 14.2. The molecule has 0 atom stereocenters. The first-order chi connectivity index (χ1) is 27.8. The number of hydrogen-bond donors (Lipinski definition) is 0. The molecule has 0 bridgehead atoms. The van der Waals surface area contributed by atoms with Crippen LogP contribution in [0.4, 0.5) is 17.1 Å². The third kappa shape index (κ3) is 4.82. The van der Waals surface area contributed by atoms with Crippen LogP contribution in [0.5, 0.6) is 0 Å². The monoisotopic (exact) mass is 729 g/mol. The summed E-state index contributed by atoms with van der Waals surface area (Å²) in [5, 5.41) is 5.13. The summed E-state index contributed by atoms with van der Waals surface area (Å²) in [6.45, 7) is 9.76. The molecule has 1 nitrogen and oxygen atoms in total. The van der Waals surface area contributed by atoms with Crippen LogP contribution in [0.25, 0.3) is 66.1 Å². The van der Waals surface area contributed by atoms with Gasteiger partial charge in [0.1, 0.15) is 0 Å². The van der Waals surface area contributed by atoms with Gasteiger partial charge in [-0.1, -0.05) is 185 Å². The molecule has 57 heavy (non-hydrogen) atoms. The fraction of sp³-hybridized carbons (Fsp3) is 0.107. The third-order valence-corrected chi connectivity index (χ3v) is 13.0. The van der Waals surface area contributed by atoms with Crippen LogP contribution in [-0.4, -0.2) is 0 Å². The maximum atomic E-state index is 2.55. The van der Waals surface area contributed by atoms with Gasteiger partial charge in [0.2, 0.25) is 0 Å². The van der Waals surface area contributed by atoms with E-state index in [1.54, 1.807) is 0 Å². The quantitative estimate of drug-likeness (QED) is 0.159. The lowest BCUT2D eigenvalue weighted by Gasteiger charge is -2.38. The number of para-hydroxylation sites is 2. The molecule has 0 aromatic heterocycles. The largest absolute Gasteiger partial charge is 0.310 e. The molecule has 9 aromatic carbocycles. The highest BCUT2D eigenvalue weighted by molar-refractivity contribution is 6.14. The first-order valence-corrected chi connectivity index (χ1v) is 20.2. The van der Waals surface area contributed by atoms with Crippen LogP contribution in [0.1, 0.15) is 49.9 Å². The van der Waals surface area contributed by atoms with Gasteiger partial charge in [-0.25, -0.2) is 0 Å². The van der Waals surface area contributed by atoms with E-state index in [9.17, 15) is 0 Å². The van der Waals surface area contributed by atoms with Crippen molar-refractivity contribution in [2.75, 3.05) is 4.90 Å². The SMILES string of the molecule is CC1(C)c2ccccc2-c2c(-c3ccc(-c4cc5ccccc5c5ccccc45)cc3)c3c(c(N(c4ccccc4)c4ccccc4)c21)C(C)(C)c1ccccc1-3. The van der Waals surface area contributed by atoms with E-state index in [2.05, 4.69) is 221 Å². The summed E-state index contributed by atoms with van der Waals surface area (Å²) in [6.07, 6.45) is 0. The Balaban J connectivity index is 1.26. The van der Waals surface area contributed by atoms with Crippen molar-refractivity contribution in [3.63, 3.8) is 0 Å². The fourth-order valence-corrected chi connectivity index (χ4v) is 10.4. The summed E-state index contributed by atoms with van der Waals surface area (Å²) in [7, 11) is 0. The molecule has 0 spiro atoms. The molecule has 0 N–H and O–H groups in total. The van der Waals surface area contributed by atoms with Crippen LogP contribution < -0.4 is 4.90 Å². The van der Waals surface area contributed by atoms with Gasteiger partial charge < -0.3 is 4.90 Å². The van der Waals surface area contributed by atoms with Crippen LogP contribution >= 0.6 is 0 Å². The van der Waals surface area contributed by atoms with Crippen molar-refractivity contribution in [2.45, 2.75) is 38.5 Å². The molecule has 0 saturated carbocycles. The highest BCUT2D eigenvalue weighted by Gasteiger charge is 2.48. The van der Waals surface area contributed by atoms with Gasteiger partial charge in [0.05, 0.1) is 5.69 Å². The van der Waals surface area contributed by atoms with Crippen LogP contribution in [0.3, 0.4) is 0 Å². The number of hydrogen-bond acceptors (Lipinski definition) is 1. The van der Waals surface area contributed by atoms with E-state index in [1.807, 2.05) is 0 Å². The van der Waals surface area contributed by atoms with E-state index in [1.165, 1.54) is 94.0 Å². The molecule has 0 radical (unpaired) electrons. The van der Waals surface area contributed by atoms with E-state index < -0.39 is 0 Å². The second kappa shape index (κ2) is 12.4. The smallest absolute Gasteiger partial charge is 0.0556 e. The average Bonchev–Trinajstić information content (AvgIpc) is 3.64. The number of fused-ring (bicyclic) bond motifs is 9. The number of rotatable bonds is 5. The average molecular weight is 730 g/mol. The molecule has 2 aliphatic rings. The lowest BCUT2D eigenvalue weighted by Crippen LogP contribution is -2.26. The Labute approximate surface area is 335 Å². The standard InChI is InChI=1S/C56H43N/c1-55(2)47-29-17-15-27-44(47)50-49(37-33-31-36(32-34-37)46-35-38-19-11-12-24-41(38)42-25-13-14-26-43(42)46)51-45-28-16-18-30-48(45)56(3,4)53(51)54(52(50)55)57(39-20-7-5-8-21-39)40-22-9-6-10-23-40/h5-35H,1-4H3. The Bertz CT molecular complexity index is 2920. The molecule has 0 amide bonds. The van der Waals surface area contributed by atoms with Crippen LogP contribution in [-0.2, 0) is 10.8 Å². The number of nitrogens with zero attached hydrogens (tertiary/aromatic N) is 1.